The van der Waals surface area contributed by atoms with E-state index in [0.29, 0.717) is 5.92 Å². The van der Waals surface area contributed by atoms with Crippen molar-refractivity contribution in [3.05, 3.63) is 27.7 Å². The van der Waals surface area contributed by atoms with Gasteiger partial charge in [-0.3, -0.25) is 4.79 Å². The van der Waals surface area contributed by atoms with Gasteiger partial charge in [-0.25, -0.2) is 5.10 Å². The standard InChI is InChI=1S/C10H14N2O/c1-7-6-9(13)11-12-10(7)8-4-2-3-5-8/h6,8H,2-5H2,1H3,(H,11,13). The van der Waals surface area contributed by atoms with E-state index in [-0.39, 0.29) is 5.56 Å². The third kappa shape index (κ3) is 1.64. The smallest absolute Gasteiger partial charge is 0.264 e. The van der Waals surface area contributed by atoms with Crippen LogP contribution >= 0.6 is 0 Å². The summed E-state index contributed by atoms with van der Waals surface area (Å²) < 4.78 is 0. The molecule has 0 amide bonds. The Balaban J connectivity index is 2.34. The van der Waals surface area contributed by atoms with Crippen molar-refractivity contribution in [1.29, 1.82) is 0 Å². The predicted molar refractivity (Wildman–Crippen MR) is 50.8 cm³/mol. The zero-order chi connectivity index (χ0) is 9.26. The van der Waals surface area contributed by atoms with Crippen LogP contribution < -0.4 is 5.56 Å². The molecule has 13 heavy (non-hydrogen) atoms. The molecular formula is C10H14N2O. The molecule has 0 atom stereocenters. The zero-order valence-electron chi connectivity index (χ0n) is 7.84. The van der Waals surface area contributed by atoms with Crippen molar-refractivity contribution in [3.63, 3.8) is 0 Å². The largest absolute Gasteiger partial charge is 0.268 e. The third-order valence-corrected chi connectivity index (χ3v) is 2.78. The molecule has 0 aromatic carbocycles. The molecule has 0 saturated heterocycles. The van der Waals surface area contributed by atoms with Gasteiger partial charge in [-0.2, -0.15) is 5.10 Å². The summed E-state index contributed by atoms with van der Waals surface area (Å²) in [5, 5.41) is 6.63. The highest BCUT2D eigenvalue weighted by Gasteiger charge is 2.20. The topological polar surface area (TPSA) is 45.8 Å². The van der Waals surface area contributed by atoms with Gasteiger partial charge in [0, 0.05) is 12.0 Å². The molecule has 3 heteroatoms. The van der Waals surface area contributed by atoms with E-state index in [4.69, 9.17) is 0 Å². The second kappa shape index (κ2) is 3.32. The second-order valence-corrected chi connectivity index (χ2v) is 3.78. The predicted octanol–water partition coefficient (Wildman–Crippen LogP) is 1.74. The monoisotopic (exact) mass is 178 g/mol. The van der Waals surface area contributed by atoms with Crippen LogP contribution in [0.15, 0.2) is 10.9 Å². The number of nitrogens with zero attached hydrogens (tertiary/aromatic N) is 1. The van der Waals surface area contributed by atoms with Gasteiger partial charge in [-0.1, -0.05) is 12.8 Å². The SMILES string of the molecule is Cc1cc(=O)[nH]nc1C1CCCC1. The van der Waals surface area contributed by atoms with Crippen LogP contribution in [-0.2, 0) is 0 Å². The lowest BCUT2D eigenvalue weighted by Crippen LogP contribution is -2.12. The molecule has 0 bridgehead atoms. The lowest BCUT2D eigenvalue weighted by atomic mass is 10.0. The highest BCUT2D eigenvalue weighted by atomic mass is 16.1. The third-order valence-electron chi connectivity index (χ3n) is 2.78. The van der Waals surface area contributed by atoms with E-state index in [0.717, 1.165) is 11.3 Å². The molecule has 1 aliphatic carbocycles. The fourth-order valence-corrected chi connectivity index (χ4v) is 2.12. The average molecular weight is 178 g/mol. The van der Waals surface area contributed by atoms with Crippen LogP contribution in [0.3, 0.4) is 0 Å². The summed E-state index contributed by atoms with van der Waals surface area (Å²) >= 11 is 0. The van der Waals surface area contributed by atoms with Crippen LogP contribution in [0.5, 0.6) is 0 Å². The summed E-state index contributed by atoms with van der Waals surface area (Å²) in [7, 11) is 0. The molecule has 0 unspecified atom stereocenters. The minimum atomic E-state index is -0.0979. The number of hydrogen-bond acceptors (Lipinski definition) is 2. The molecule has 1 aliphatic rings. The van der Waals surface area contributed by atoms with Gasteiger partial charge in [0.25, 0.3) is 5.56 Å². The van der Waals surface area contributed by atoms with Gasteiger partial charge in [0.05, 0.1) is 5.69 Å². The van der Waals surface area contributed by atoms with Crippen LogP contribution in [0.1, 0.15) is 42.9 Å². The number of aromatic nitrogens is 2. The Labute approximate surface area is 77.2 Å². The van der Waals surface area contributed by atoms with Crippen LogP contribution in [-0.4, -0.2) is 10.2 Å². The van der Waals surface area contributed by atoms with Crippen LogP contribution in [0.2, 0.25) is 0 Å². The highest BCUT2D eigenvalue weighted by Crippen LogP contribution is 2.33. The van der Waals surface area contributed by atoms with Crippen LogP contribution in [0.4, 0.5) is 0 Å². The van der Waals surface area contributed by atoms with E-state index in [9.17, 15) is 4.79 Å². The molecule has 0 aliphatic heterocycles. The maximum atomic E-state index is 10.9. The Morgan fingerprint density at radius 3 is 2.77 bits per heavy atom. The van der Waals surface area contributed by atoms with Gasteiger partial charge >= 0.3 is 0 Å². The van der Waals surface area contributed by atoms with Crippen molar-refractivity contribution in [3.8, 4) is 0 Å². The van der Waals surface area contributed by atoms with Gasteiger partial charge in [-0.15, -0.1) is 0 Å². The molecule has 1 heterocycles. The van der Waals surface area contributed by atoms with Crippen molar-refractivity contribution in [2.75, 3.05) is 0 Å². The summed E-state index contributed by atoms with van der Waals surface area (Å²) in [5.41, 5.74) is 2.03. The van der Waals surface area contributed by atoms with E-state index in [1.165, 1.54) is 25.7 Å². The van der Waals surface area contributed by atoms with Gasteiger partial charge < -0.3 is 0 Å². The fourth-order valence-electron chi connectivity index (χ4n) is 2.12. The first-order valence-corrected chi connectivity index (χ1v) is 4.83. The van der Waals surface area contributed by atoms with Crippen molar-refractivity contribution >= 4 is 0 Å². The molecule has 2 rings (SSSR count). The van der Waals surface area contributed by atoms with E-state index < -0.39 is 0 Å². The zero-order valence-corrected chi connectivity index (χ0v) is 7.84. The fraction of sp³-hybridized carbons (Fsp3) is 0.600. The molecule has 1 saturated carbocycles. The highest BCUT2D eigenvalue weighted by molar-refractivity contribution is 5.20. The molecule has 1 fully saturated rings. The summed E-state index contributed by atoms with van der Waals surface area (Å²) in [6, 6.07) is 1.64. The summed E-state index contributed by atoms with van der Waals surface area (Å²) in [5.74, 6) is 0.580. The summed E-state index contributed by atoms with van der Waals surface area (Å²) in [6.07, 6.45) is 5.04. The molecule has 0 spiro atoms. The number of hydrogen-bond donors (Lipinski definition) is 1. The Hall–Kier alpha value is -1.12. The quantitative estimate of drug-likeness (QED) is 0.712. The minimum Gasteiger partial charge on any atom is -0.268 e. The normalized spacial score (nSPS) is 17.9. The molecular weight excluding hydrogens is 164 g/mol. The first-order valence-electron chi connectivity index (χ1n) is 4.83. The van der Waals surface area contributed by atoms with Gasteiger partial charge in [-0.05, 0) is 25.3 Å². The van der Waals surface area contributed by atoms with E-state index in [1.54, 1.807) is 6.07 Å². The molecule has 1 aromatic heterocycles. The Kier molecular flexibility index (Phi) is 2.17. The average Bonchev–Trinajstić information content (AvgIpc) is 2.56. The van der Waals surface area contributed by atoms with Crippen molar-refractivity contribution in [2.45, 2.75) is 38.5 Å². The first-order chi connectivity index (χ1) is 6.27. The summed E-state index contributed by atoms with van der Waals surface area (Å²) in [4.78, 5) is 10.9. The molecule has 1 N–H and O–H groups in total. The molecule has 1 aromatic rings. The molecule has 0 radical (unpaired) electrons. The van der Waals surface area contributed by atoms with Gasteiger partial charge in [0.2, 0.25) is 0 Å². The number of nitrogens with one attached hydrogen (secondary N) is 1. The number of rotatable bonds is 1. The van der Waals surface area contributed by atoms with E-state index >= 15 is 0 Å². The second-order valence-electron chi connectivity index (χ2n) is 3.78. The van der Waals surface area contributed by atoms with Crippen molar-refractivity contribution in [2.24, 2.45) is 0 Å². The van der Waals surface area contributed by atoms with Gasteiger partial charge in [0.1, 0.15) is 0 Å². The number of aryl methyl sites for hydroxylation is 1. The Morgan fingerprint density at radius 2 is 2.15 bits per heavy atom. The first kappa shape index (κ1) is 8.48. The van der Waals surface area contributed by atoms with Crippen molar-refractivity contribution < 1.29 is 0 Å². The lowest BCUT2D eigenvalue weighted by Gasteiger charge is -2.09. The van der Waals surface area contributed by atoms with Crippen LogP contribution in [0, 0.1) is 6.92 Å². The maximum Gasteiger partial charge on any atom is 0.264 e. The maximum absolute atomic E-state index is 10.9. The Morgan fingerprint density at radius 1 is 1.46 bits per heavy atom. The number of H-pyrrole nitrogens is 1. The van der Waals surface area contributed by atoms with Crippen molar-refractivity contribution in [1.82, 2.24) is 10.2 Å². The lowest BCUT2D eigenvalue weighted by molar-refractivity contribution is 0.670. The van der Waals surface area contributed by atoms with Crippen LogP contribution in [0.25, 0.3) is 0 Å². The Bertz CT molecular complexity index is 350. The minimum absolute atomic E-state index is 0.0979. The molecule has 70 valence electrons. The summed E-state index contributed by atoms with van der Waals surface area (Å²) in [6.45, 7) is 1.97. The van der Waals surface area contributed by atoms with Gasteiger partial charge in [0.15, 0.2) is 0 Å². The molecule has 3 nitrogen and oxygen atoms in total. The van der Waals surface area contributed by atoms with E-state index in [2.05, 4.69) is 10.2 Å². The van der Waals surface area contributed by atoms with E-state index in [1.807, 2.05) is 6.92 Å². The number of aromatic amines is 1.